The summed E-state index contributed by atoms with van der Waals surface area (Å²) in [5.41, 5.74) is 10.7. The zero-order valence-electron chi connectivity index (χ0n) is 22.7. The number of carbonyl (C=O) groups excluding carboxylic acids is 2. The van der Waals surface area contributed by atoms with Crippen molar-refractivity contribution in [2.45, 2.75) is 69.3 Å². The molecule has 2 unspecified atom stereocenters. The predicted octanol–water partition coefficient (Wildman–Crippen LogP) is 1.33. The third-order valence-electron chi connectivity index (χ3n) is 6.27. The number of nitrogens with one attached hydrogen (secondary N) is 1. The maximum absolute atomic E-state index is 15.7. The molecular weight excluding hydrogens is 636 g/mol. The van der Waals surface area contributed by atoms with E-state index in [1.165, 1.54) is 6.33 Å². The highest BCUT2D eigenvalue weighted by molar-refractivity contribution is 9.10. The van der Waals surface area contributed by atoms with Gasteiger partial charge in [-0.05, 0) is 29.8 Å². The molecule has 0 spiro atoms. The molecule has 2 saturated heterocycles. The Morgan fingerprint density at radius 3 is 2.76 bits per heavy atom. The standard InChI is InChI=1S/C22H32BrFN7O9P/c1-10(2)38-12(32)5-6-27-18(34)15-21(3,4)8-37-41(35,40-15)36-7-11-14(33)22(23,24)19(39-11)31-9-28-13-16(25)29-20(26)30-17(13)31/h9-11,14-15,19,33H,5-8H2,1-4H3,(H,27,34)(H4,25,26,29,30)/t11-,14+,15+,19-,22?,41?/m1/s1. The number of ether oxygens (including phenoxy) is 2. The van der Waals surface area contributed by atoms with Gasteiger partial charge in [0.05, 0.1) is 32.1 Å². The van der Waals surface area contributed by atoms with E-state index in [2.05, 4.69) is 36.2 Å². The number of esters is 1. The number of nitrogens with zero attached hydrogens (tertiary/aromatic N) is 4. The molecule has 228 valence electrons. The van der Waals surface area contributed by atoms with Crippen molar-refractivity contribution in [3.05, 3.63) is 6.33 Å². The number of imidazole rings is 1. The summed E-state index contributed by atoms with van der Waals surface area (Å²) < 4.78 is 54.5. The number of rotatable bonds is 9. The summed E-state index contributed by atoms with van der Waals surface area (Å²) in [6.45, 7) is 5.85. The lowest BCUT2D eigenvalue weighted by atomic mass is 9.87. The molecular formula is C22H32BrFN7O9P. The summed E-state index contributed by atoms with van der Waals surface area (Å²) in [6.07, 6.45) is -5.21. The Morgan fingerprint density at radius 2 is 2.07 bits per heavy atom. The van der Waals surface area contributed by atoms with Gasteiger partial charge < -0.3 is 31.4 Å². The van der Waals surface area contributed by atoms with Gasteiger partial charge >= 0.3 is 13.8 Å². The summed E-state index contributed by atoms with van der Waals surface area (Å²) in [5.74, 6) is -1.36. The molecule has 2 fully saturated rings. The van der Waals surface area contributed by atoms with Crippen LogP contribution in [-0.4, -0.2) is 85.3 Å². The van der Waals surface area contributed by atoms with Crippen LogP contribution >= 0.6 is 23.8 Å². The number of carbonyl (C=O) groups is 2. The quantitative estimate of drug-likeness (QED) is 0.168. The van der Waals surface area contributed by atoms with E-state index in [1.54, 1.807) is 27.7 Å². The summed E-state index contributed by atoms with van der Waals surface area (Å²) >= 11 is 2.86. The third kappa shape index (κ3) is 6.63. The van der Waals surface area contributed by atoms with Crippen molar-refractivity contribution in [1.82, 2.24) is 24.8 Å². The van der Waals surface area contributed by atoms with E-state index < -0.39 is 60.8 Å². The molecule has 6 N–H and O–H groups in total. The minimum absolute atomic E-state index is 0.0367. The zero-order valence-corrected chi connectivity index (χ0v) is 25.1. The van der Waals surface area contributed by atoms with Gasteiger partial charge in [0.25, 0.3) is 0 Å². The smallest absolute Gasteiger partial charge is 0.463 e. The SMILES string of the molecule is CC(C)OC(=O)CCNC(=O)[C@@H]1OP(=O)(OC[C@H]2O[C@@H](n3cnc4c(N)nc(N)nc43)C(F)(Br)[C@H]2O)OCC1(C)C. The van der Waals surface area contributed by atoms with Crippen LogP contribution in [0.4, 0.5) is 16.2 Å². The number of fused-ring (bicyclic) bond motifs is 1. The van der Waals surface area contributed by atoms with Crippen LogP contribution in [0.2, 0.25) is 0 Å². The molecule has 0 bridgehead atoms. The molecule has 4 heterocycles. The molecule has 2 aliphatic heterocycles. The molecule has 1 amide bonds. The number of phosphoric ester groups is 1. The molecule has 19 heteroatoms. The number of alkyl halides is 2. The van der Waals surface area contributed by atoms with Gasteiger partial charge in [-0.2, -0.15) is 9.97 Å². The van der Waals surface area contributed by atoms with Crippen LogP contribution in [0, 0.1) is 5.41 Å². The minimum atomic E-state index is -4.38. The number of aliphatic hydroxyl groups excluding tert-OH is 1. The van der Waals surface area contributed by atoms with E-state index in [9.17, 15) is 19.3 Å². The average molecular weight is 668 g/mol. The van der Waals surface area contributed by atoms with Crippen LogP contribution in [0.3, 0.4) is 0 Å². The second kappa shape index (κ2) is 11.7. The number of phosphoric acid groups is 1. The first-order valence-corrected chi connectivity index (χ1v) is 14.8. The summed E-state index contributed by atoms with van der Waals surface area (Å²) in [5, 5.41) is 13.2. The molecule has 0 radical (unpaired) electrons. The van der Waals surface area contributed by atoms with Crippen molar-refractivity contribution in [3.8, 4) is 0 Å². The average Bonchev–Trinajstić information content (AvgIpc) is 3.37. The maximum atomic E-state index is 15.7. The lowest BCUT2D eigenvalue weighted by Crippen LogP contribution is -2.50. The van der Waals surface area contributed by atoms with Crippen LogP contribution in [-0.2, 0) is 37.2 Å². The fourth-order valence-electron chi connectivity index (χ4n) is 4.19. The molecule has 4 rings (SSSR count). The fraction of sp³-hybridized carbons (Fsp3) is 0.682. The molecule has 6 atom stereocenters. The van der Waals surface area contributed by atoms with Gasteiger partial charge in [0.1, 0.15) is 17.7 Å². The van der Waals surface area contributed by atoms with E-state index in [0.29, 0.717) is 0 Å². The summed E-state index contributed by atoms with van der Waals surface area (Å²) in [4.78, 5) is 36.5. The molecule has 0 aliphatic carbocycles. The molecule has 16 nitrogen and oxygen atoms in total. The number of halogens is 2. The van der Waals surface area contributed by atoms with Crippen molar-refractivity contribution < 1.29 is 46.7 Å². The minimum Gasteiger partial charge on any atom is -0.463 e. The van der Waals surface area contributed by atoms with E-state index in [1.807, 2.05) is 0 Å². The number of aromatic nitrogens is 4. The maximum Gasteiger partial charge on any atom is 0.475 e. The Balaban J connectivity index is 1.42. The first-order valence-electron chi connectivity index (χ1n) is 12.6. The third-order valence-corrected chi connectivity index (χ3v) is 8.51. The van der Waals surface area contributed by atoms with Crippen molar-refractivity contribution in [2.75, 3.05) is 31.2 Å². The largest absolute Gasteiger partial charge is 0.475 e. The highest BCUT2D eigenvalue weighted by atomic mass is 79.9. The topological polar surface area (TPSA) is 225 Å². The van der Waals surface area contributed by atoms with E-state index in [-0.39, 0.29) is 48.6 Å². The number of amides is 1. The van der Waals surface area contributed by atoms with Crippen LogP contribution in [0.5, 0.6) is 0 Å². The zero-order chi connectivity index (χ0) is 30.3. The van der Waals surface area contributed by atoms with Gasteiger partial charge in [-0.25, -0.2) is 13.9 Å². The number of hydrogen-bond donors (Lipinski definition) is 4. The Bertz CT molecular complexity index is 1360. The monoisotopic (exact) mass is 667 g/mol. The fourth-order valence-corrected chi connectivity index (χ4v) is 6.47. The Hall–Kier alpha value is -2.47. The van der Waals surface area contributed by atoms with Crippen molar-refractivity contribution in [2.24, 2.45) is 5.41 Å². The number of nitrogen functional groups attached to an aromatic ring is 2. The lowest BCUT2D eigenvalue weighted by molar-refractivity contribution is -0.147. The predicted molar refractivity (Wildman–Crippen MR) is 144 cm³/mol. The van der Waals surface area contributed by atoms with E-state index in [4.69, 9.17) is 34.5 Å². The number of hydrogen-bond acceptors (Lipinski definition) is 14. The van der Waals surface area contributed by atoms with Crippen molar-refractivity contribution in [1.29, 1.82) is 0 Å². The van der Waals surface area contributed by atoms with E-state index >= 15 is 4.39 Å². The Morgan fingerprint density at radius 1 is 1.37 bits per heavy atom. The second-order valence-electron chi connectivity index (χ2n) is 10.5. The molecule has 41 heavy (non-hydrogen) atoms. The molecule has 0 aromatic carbocycles. The van der Waals surface area contributed by atoms with E-state index in [0.717, 1.165) is 4.57 Å². The highest BCUT2D eigenvalue weighted by Crippen LogP contribution is 2.58. The Kier molecular flexibility index (Phi) is 8.95. The molecule has 2 aliphatic rings. The van der Waals surface area contributed by atoms with Gasteiger partial charge in [-0.1, -0.05) is 13.8 Å². The van der Waals surface area contributed by atoms with Gasteiger partial charge in [-0.15, -0.1) is 0 Å². The normalized spacial score (nSPS) is 31.4. The van der Waals surface area contributed by atoms with Gasteiger partial charge in [0.15, 0.2) is 23.8 Å². The van der Waals surface area contributed by atoms with Crippen LogP contribution in [0.1, 0.15) is 40.3 Å². The number of anilines is 2. The van der Waals surface area contributed by atoms with Gasteiger partial charge in [0, 0.05) is 12.0 Å². The molecule has 2 aromatic rings. The first kappa shape index (κ1) is 31.5. The van der Waals surface area contributed by atoms with Gasteiger partial charge in [0.2, 0.25) is 16.4 Å². The highest BCUT2D eigenvalue weighted by Gasteiger charge is 2.58. The number of aliphatic hydroxyl groups is 1. The van der Waals surface area contributed by atoms with Crippen molar-refractivity contribution >= 4 is 58.6 Å². The van der Waals surface area contributed by atoms with Crippen LogP contribution < -0.4 is 16.8 Å². The summed E-state index contributed by atoms with van der Waals surface area (Å²) in [7, 11) is -4.38. The van der Waals surface area contributed by atoms with Crippen LogP contribution in [0.15, 0.2) is 6.33 Å². The first-order chi connectivity index (χ1) is 19.0. The van der Waals surface area contributed by atoms with Crippen molar-refractivity contribution in [3.63, 3.8) is 0 Å². The molecule has 0 saturated carbocycles. The summed E-state index contributed by atoms with van der Waals surface area (Å²) in [6, 6.07) is 0. The van der Waals surface area contributed by atoms with Crippen LogP contribution in [0.25, 0.3) is 11.2 Å². The number of nitrogens with two attached hydrogens (primary N) is 2. The lowest BCUT2D eigenvalue weighted by Gasteiger charge is -2.39. The van der Waals surface area contributed by atoms with Gasteiger partial charge in [-0.3, -0.25) is 27.7 Å². The Labute approximate surface area is 242 Å². The molecule has 2 aromatic heterocycles. The second-order valence-corrected chi connectivity index (χ2v) is 13.3.